The van der Waals surface area contributed by atoms with Gasteiger partial charge in [0, 0.05) is 12.1 Å². The van der Waals surface area contributed by atoms with E-state index in [0.717, 1.165) is 27.8 Å². The average molecular weight is 492 g/mol. The van der Waals surface area contributed by atoms with Crippen molar-refractivity contribution < 1.29 is 22.4 Å². The summed E-state index contributed by atoms with van der Waals surface area (Å²) in [5.74, 6) is -1.51. The summed E-state index contributed by atoms with van der Waals surface area (Å²) >= 11 is 0. The molecule has 2 aromatic carbocycles. The van der Waals surface area contributed by atoms with Crippen LogP contribution in [-0.4, -0.2) is 49.5 Å². The van der Waals surface area contributed by atoms with Crippen LogP contribution in [0.1, 0.15) is 45.2 Å². The zero-order valence-corrected chi connectivity index (χ0v) is 21.4. The number of amides is 2. The van der Waals surface area contributed by atoms with Gasteiger partial charge >= 0.3 is 0 Å². The maximum atomic E-state index is 13.8. The lowest BCUT2D eigenvalue weighted by Gasteiger charge is -2.34. The molecule has 0 aromatic heterocycles. The SMILES string of the molecule is CC[C@H](C(=O)NC(C)(C)C)N(Cc1ccc(C)cc1)C(=O)CN(c1cccc(F)c1)S(C)(=O)=O. The lowest BCUT2D eigenvalue weighted by atomic mass is 10.1. The number of halogens is 1. The van der Waals surface area contributed by atoms with E-state index in [4.69, 9.17) is 0 Å². The van der Waals surface area contributed by atoms with Crippen LogP contribution in [0, 0.1) is 12.7 Å². The van der Waals surface area contributed by atoms with Crippen molar-refractivity contribution in [1.82, 2.24) is 10.2 Å². The van der Waals surface area contributed by atoms with Gasteiger partial charge in [-0.05, 0) is 57.9 Å². The number of carbonyl (C=O) groups excluding carboxylic acids is 2. The molecule has 0 saturated heterocycles. The summed E-state index contributed by atoms with van der Waals surface area (Å²) in [5, 5.41) is 2.91. The van der Waals surface area contributed by atoms with Crippen LogP contribution in [0.3, 0.4) is 0 Å². The second-order valence-corrected chi connectivity index (χ2v) is 11.3. The van der Waals surface area contributed by atoms with Gasteiger partial charge in [0.2, 0.25) is 21.8 Å². The van der Waals surface area contributed by atoms with Gasteiger partial charge in [-0.25, -0.2) is 12.8 Å². The minimum absolute atomic E-state index is 0.0401. The Balaban J connectivity index is 2.45. The first-order valence-electron chi connectivity index (χ1n) is 11.1. The van der Waals surface area contributed by atoms with Crippen molar-refractivity contribution in [3.8, 4) is 0 Å². The fourth-order valence-electron chi connectivity index (χ4n) is 3.51. The molecule has 0 bridgehead atoms. The van der Waals surface area contributed by atoms with Gasteiger partial charge in [0.1, 0.15) is 18.4 Å². The molecule has 2 aromatic rings. The quantitative estimate of drug-likeness (QED) is 0.581. The first-order chi connectivity index (χ1) is 15.7. The Morgan fingerprint density at radius 3 is 2.21 bits per heavy atom. The Bertz CT molecular complexity index is 1110. The van der Waals surface area contributed by atoms with Crippen molar-refractivity contribution in [2.45, 2.75) is 59.2 Å². The van der Waals surface area contributed by atoms with Gasteiger partial charge in [0.25, 0.3) is 0 Å². The van der Waals surface area contributed by atoms with Crippen molar-refractivity contribution in [2.24, 2.45) is 0 Å². The van der Waals surface area contributed by atoms with Crippen LogP contribution in [-0.2, 0) is 26.2 Å². The Morgan fingerprint density at radius 1 is 1.09 bits per heavy atom. The number of benzene rings is 2. The van der Waals surface area contributed by atoms with E-state index in [2.05, 4.69) is 5.32 Å². The minimum atomic E-state index is -3.90. The number of rotatable bonds is 9. The molecule has 0 radical (unpaired) electrons. The molecule has 0 aliphatic rings. The highest BCUT2D eigenvalue weighted by Gasteiger charge is 2.33. The van der Waals surface area contributed by atoms with E-state index in [-0.39, 0.29) is 18.1 Å². The average Bonchev–Trinajstić information content (AvgIpc) is 2.71. The zero-order valence-electron chi connectivity index (χ0n) is 20.6. The second kappa shape index (κ2) is 11.0. The lowest BCUT2D eigenvalue weighted by Crippen LogP contribution is -2.55. The molecule has 0 saturated carbocycles. The van der Waals surface area contributed by atoms with Crippen molar-refractivity contribution >= 4 is 27.5 Å². The van der Waals surface area contributed by atoms with Crippen LogP contribution >= 0.6 is 0 Å². The highest BCUT2D eigenvalue weighted by molar-refractivity contribution is 7.92. The largest absolute Gasteiger partial charge is 0.350 e. The van der Waals surface area contributed by atoms with E-state index in [1.54, 1.807) is 6.92 Å². The van der Waals surface area contributed by atoms with Crippen LogP contribution in [0.15, 0.2) is 48.5 Å². The van der Waals surface area contributed by atoms with Crippen molar-refractivity contribution in [1.29, 1.82) is 0 Å². The van der Waals surface area contributed by atoms with Crippen LogP contribution < -0.4 is 9.62 Å². The topological polar surface area (TPSA) is 86.8 Å². The Morgan fingerprint density at radius 2 is 1.71 bits per heavy atom. The van der Waals surface area contributed by atoms with E-state index in [9.17, 15) is 22.4 Å². The molecule has 0 heterocycles. The highest BCUT2D eigenvalue weighted by atomic mass is 32.2. The summed E-state index contributed by atoms with van der Waals surface area (Å²) in [5.41, 5.74) is 1.38. The molecule has 0 unspecified atom stereocenters. The lowest BCUT2D eigenvalue weighted by molar-refractivity contribution is -0.141. The van der Waals surface area contributed by atoms with Gasteiger partial charge < -0.3 is 10.2 Å². The van der Waals surface area contributed by atoms with E-state index >= 15 is 0 Å². The Labute approximate surface area is 202 Å². The van der Waals surface area contributed by atoms with Gasteiger partial charge in [-0.15, -0.1) is 0 Å². The van der Waals surface area contributed by atoms with Crippen molar-refractivity contribution in [3.63, 3.8) is 0 Å². The third-order valence-corrected chi connectivity index (χ3v) is 6.27. The molecule has 1 atom stereocenters. The number of anilines is 1. The van der Waals surface area contributed by atoms with E-state index in [1.807, 2.05) is 52.0 Å². The molecule has 0 spiro atoms. The molecule has 1 N–H and O–H groups in total. The van der Waals surface area contributed by atoms with Crippen molar-refractivity contribution in [3.05, 3.63) is 65.5 Å². The smallest absolute Gasteiger partial charge is 0.244 e. The van der Waals surface area contributed by atoms with Gasteiger partial charge in [0.15, 0.2) is 0 Å². The van der Waals surface area contributed by atoms with Gasteiger partial charge in [0.05, 0.1) is 11.9 Å². The number of hydrogen-bond donors (Lipinski definition) is 1. The molecule has 2 amide bonds. The van der Waals surface area contributed by atoms with E-state index in [0.29, 0.717) is 6.42 Å². The summed E-state index contributed by atoms with van der Waals surface area (Å²) in [6.45, 7) is 8.84. The number of aryl methyl sites for hydroxylation is 1. The van der Waals surface area contributed by atoms with E-state index < -0.39 is 39.9 Å². The predicted molar refractivity (Wildman–Crippen MR) is 132 cm³/mol. The number of nitrogens with zero attached hydrogens (tertiary/aromatic N) is 2. The molecule has 9 heteroatoms. The van der Waals surface area contributed by atoms with Crippen LogP contribution in [0.2, 0.25) is 0 Å². The summed E-state index contributed by atoms with van der Waals surface area (Å²) < 4.78 is 39.7. The molecule has 0 aliphatic heterocycles. The third-order valence-electron chi connectivity index (χ3n) is 5.13. The zero-order chi connectivity index (χ0) is 25.7. The molecular weight excluding hydrogens is 457 g/mol. The monoisotopic (exact) mass is 491 g/mol. The van der Waals surface area contributed by atoms with Crippen LogP contribution in [0.4, 0.5) is 10.1 Å². The standard InChI is InChI=1S/C25H34FN3O4S/c1-7-22(24(31)27-25(3,4)5)28(16-19-13-11-18(2)12-14-19)23(30)17-29(34(6,32)33)21-10-8-9-20(26)15-21/h8-15,22H,7,16-17H2,1-6H3,(H,27,31)/t22-/m1/s1. The summed E-state index contributed by atoms with van der Waals surface area (Å²) in [6, 6.07) is 11.8. The minimum Gasteiger partial charge on any atom is -0.350 e. The highest BCUT2D eigenvalue weighted by Crippen LogP contribution is 2.21. The van der Waals surface area contributed by atoms with E-state index in [1.165, 1.54) is 23.1 Å². The van der Waals surface area contributed by atoms with Gasteiger partial charge in [-0.2, -0.15) is 0 Å². The summed E-state index contributed by atoms with van der Waals surface area (Å²) in [4.78, 5) is 28.0. The maximum absolute atomic E-state index is 13.8. The Hall–Kier alpha value is -2.94. The molecule has 0 fully saturated rings. The molecule has 34 heavy (non-hydrogen) atoms. The Kier molecular flexibility index (Phi) is 8.83. The van der Waals surface area contributed by atoms with Crippen LogP contribution in [0.25, 0.3) is 0 Å². The first kappa shape index (κ1) is 27.3. The molecule has 0 aliphatic carbocycles. The summed E-state index contributed by atoms with van der Waals surface area (Å²) in [7, 11) is -3.90. The van der Waals surface area contributed by atoms with Crippen LogP contribution in [0.5, 0.6) is 0 Å². The maximum Gasteiger partial charge on any atom is 0.244 e. The number of hydrogen-bond acceptors (Lipinski definition) is 4. The number of carbonyl (C=O) groups is 2. The van der Waals surface area contributed by atoms with Gasteiger partial charge in [-0.3, -0.25) is 13.9 Å². The fraction of sp³-hybridized carbons (Fsp3) is 0.440. The van der Waals surface area contributed by atoms with Gasteiger partial charge in [-0.1, -0.05) is 42.8 Å². The molecular formula is C25H34FN3O4S. The predicted octanol–water partition coefficient (Wildman–Crippen LogP) is 3.62. The van der Waals surface area contributed by atoms with Crippen molar-refractivity contribution in [2.75, 3.05) is 17.1 Å². The summed E-state index contributed by atoms with van der Waals surface area (Å²) in [6.07, 6.45) is 1.29. The number of sulfonamides is 1. The second-order valence-electron chi connectivity index (χ2n) is 9.42. The molecule has 186 valence electrons. The molecule has 7 nitrogen and oxygen atoms in total. The fourth-order valence-corrected chi connectivity index (χ4v) is 4.35. The third kappa shape index (κ3) is 7.83. The number of nitrogens with one attached hydrogen (secondary N) is 1. The normalized spacial score (nSPS) is 12.7. The first-order valence-corrected chi connectivity index (χ1v) is 13.0. The molecule has 2 rings (SSSR count).